The maximum atomic E-state index is 13.3. The Balaban J connectivity index is 1.99. The van der Waals surface area contributed by atoms with Crippen LogP contribution in [0.3, 0.4) is 0 Å². The average Bonchev–Trinajstić information content (AvgIpc) is 2.33. The first-order chi connectivity index (χ1) is 7.77. The lowest BCUT2D eigenvalue weighted by Crippen LogP contribution is -2.24. The Labute approximate surface area is 106 Å². The van der Waals surface area contributed by atoms with Crippen LogP contribution >= 0.6 is 35.3 Å². The molecule has 2 rings (SSSR count). The number of hydrogen-bond donors (Lipinski definition) is 1. The summed E-state index contributed by atoms with van der Waals surface area (Å²) in [6.45, 7) is 0. The van der Waals surface area contributed by atoms with Crippen molar-refractivity contribution < 1.29 is 9.18 Å². The molecule has 0 radical (unpaired) electrons. The van der Waals surface area contributed by atoms with Crippen molar-refractivity contribution in [3.63, 3.8) is 0 Å². The normalized spacial score (nSPS) is 17.1. The topological polar surface area (TPSA) is 29.1 Å². The lowest BCUT2D eigenvalue weighted by Gasteiger charge is -2.19. The van der Waals surface area contributed by atoms with Crippen LogP contribution in [0, 0.1) is 5.82 Å². The highest BCUT2D eigenvalue weighted by Crippen LogP contribution is 2.36. The molecule has 0 aromatic heterocycles. The molecule has 16 heavy (non-hydrogen) atoms. The number of thioether (sulfide) groups is 3. The second-order valence-corrected chi connectivity index (χ2v) is 7.28. The SMILES string of the molecule is O=C(Nc1ccccc1F)C1SCSCS1. The first-order valence-electron chi connectivity index (χ1n) is 4.64. The number of hydrogen-bond acceptors (Lipinski definition) is 4. The Bertz CT molecular complexity index is 382. The molecule has 1 fully saturated rings. The van der Waals surface area contributed by atoms with Crippen LogP contribution in [-0.2, 0) is 4.79 Å². The maximum absolute atomic E-state index is 13.3. The van der Waals surface area contributed by atoms with E-state index in [0.717, 1.165) is 10.2 Å². The first kappa shape index (κ1) is 12.1. The van der Waals surface area contributed by atoms with Crippen molar-refractivity contribution in [2.45, 2.75) is 4.58 Å². The van der Waals surface area contributed by atoms with Crippen LogP contribution < -0.4 is 5.32 Å². The van der Waals surface area contributed by atoms with E-state index in [4.69, 9.17) is 0 Å². The van der Waals surface area contributed by atoms with Crippen LogP contribution in [0.5, 0.6) is 0 Å². The second kappa shape index (κ2) is 5.84. The van der Waals surface area contributed by atoms with Crippen LogP contribution in [0.4, 0.5) is 10.1 Å². The van der Waals surface area contributed by atoms with Crippen LogP contribution in [0.1, 0.15) is 0 Å². The summed E-state index contributed by atoms with van der Waals surface area (Å²) >= 11 is 4.97. The summed E-state index contributed by atoms with van der Waals surface area (Å²) < 4.78 is 13.2. The number of nitrogens with one attached hydrogen (secondary N) is 1. The summed E-state index contributed by atoms with van der Waals surface area (Å²) in [6.07, 6.45) is 0. The lowest BCUT2D eigenvalue weighted by molar-refractivity contribution is -0.114. The van der Waals surface area contributed by atoms with Crippen LogP contribution in [0.25, 0.3) is 0 Å². The van der Waals surface area contributed by atoms with Crippen LogP contribution in [0.2, 0.25) is 0 Å². The number of halogens is 1. The molecule has 0 aliphatic carbocycles. The summed E-state index contributed by atoms with van der Waals surface area (Å²) in [5.74, 6) is -0.517. The van der Waals surface area contributed by atoms with Crippen molar-refractivity contribution in [2.24, 2.45) is 0 Å². The monoisotopic (exact) mass is 275 g/mol. The van der Waals surface area contributed by atoms with Gasteiger partial charge < -0.3 is 5.32 Å². The first-order valence-corrected chi connectivity index (χ1v) is 7.89. The molecular weight excluding hydrogens is 265 g/mol. The highest BCUT2D eigenvalue weighted by molar-refractivity contribution is 8.33. The van der Waals surface area contributed by atoms with E-state index in [1.54, 1.807) is 53.5 Å². The molecule has 2 nitrogen and oxygen atoms in total. The van der Waals surface area contributed by atoms with E-state index in [1.807, 2.05) is 0 Å². The molecule has 1 aromatic carbocycles. The number of rotatable bonds is 2. The molecule has 1 N–H and O–H groups in total. The molecule has 0 atom stereocenters. The van der Waals surface area contributed by atoms with Gasteiger partial charge in [-0.3, -0.25) is 4.79 Å². The van der Waals surface area contributed by atoms with E-state index >= 15 is 0 Å². The largest absolute Gasteiger partial charge is 0.322 e. The van der Waals surface area contributed by atoms with E-state index in [9.17, 15) is 9.18 Å². The Kier molecular flexibility index (Phi) is 4.43. The molecule has 0 spiro atoms. The van der Waals surface area contributed by atoms with Gasteiger partial charge >= 0.3 is 0 Å². The van der Waals surface area contributed by atoms with E-state index < -0.39 is 5.82 Å². The van der Waals surface area contributed by atoms with Crippen molar-refractivity contribution in [1.82, 2.24) is 0 Å². The van der Waals surface area contributed by atoms with Crippen molar-refractivity contribution in [3.8, 4) is 0 Å². The van der Waals surface area contributed by atoms with Gasteiger partial charge in [0.15, 0.2) is 0 Å². The fourth-order valence-corrected chi connectivity index (χ4v) is 5.66. The van der Waals surface area contributed by atoms with Crippen LogP contribution in [0.15, 0.2) is 24.3 Å². The minimum atomic E-state index is -0.393. The fraction of sp³-hybridized carbons (Fsp3) is 0.300. The zero-order valence-electron chi connectivity index (χ0n) is 8.31. The highest BCUT2D eigenvalue weighted by atomic mass is 32.3. The zero-order chi connectivity index (χ0) is 11.4. The predicted octanol–water partition coefficient (Wildman–Crippen LogP) is 3.22. The van der Waals surface area contributed by atoms with Gasteiger partial charge in [-0.05, 0) is 12.1 Å². The zero-order valence-corrected chi connectivity index (χ0v) is 10.8. The minimum absolute atomic E-state index is 0.124. The smallest absolute Gasteiger partial charge is 0.247 e. The molecule has 1 aliphatic rings. The van der Waals surface area contributed by atoms with Gasteiger partial charge in [-0.2, -0.15) is 0 Å². The Hall–Kier alpha value is -0.330. The minimum Gasteiger partial charge on any atom is -0.322 e. The van der Waals surface area contributed by atoms with Crippen molar-refractivity contribution >= 4 is 46.9 Å². The number of carbonyl (C=O) groups excluding carboxylic acids is 1. The molecular formula is C10H10FNOS3. The number of para-hydroxylation sites is 1. The Morgan fingerprint density at radius 1 is 1.31 bits per heavy atom. The van der Waals surface area contributed by atoms with Crippen molar-refractivity contribution in [2.75, 3.05) is 15.5 Å². The van der Waals surface area contributed by atoms with Gasteiger partial charge in [-0.25, -0.2) is 4.39 Å². The van der Waals surface area contributed by atoms with Gasteiger partial charge in [0, 0.05) is 10.2 Å². The summed E-state index contributed by atoms with van der Waals surface area (Å²) in [6, 6.07) is 6.22. The Morgan fingerprint density at radius 3 is 2.69 bits per heavy atom. The molecule has 0 saturated carbocycles. The third-order valence-electron chi connectivity index (χ3n) is 1.95. The van der Waals surface area contributed by atoms with Crippen LogP contribution in [-0.4, -0.2) is 20.7 Å². The maximum Gasteiger partial charge on any atom is 0.247 e. The van der Waals surface area contributed by atoms with Gasteiger partial charge in [0.25, 0.3) is 0 Å². The third-order valence-corrected chi connectivity index (χ3v) is 6.22. The predicted molar refractivity (Wildman–Crippen MR) is 71.3 cm³/mol. The molecule has 0 bridgehead atoms. The molecule has 86 valence electrons. The van der Waals surface area contributed by atoms with Gasteiger partial charge in [-0.1, -0.05) is 12.1 Å². The number of benzene rings is 1. The van der Waals surface area contributed by atoms with E-state index in [1.165, 1.54) is 6.07 Å². The van der Waals surface area contributed by atoms with Gasteiger partial charge in [0.1, 0.15) is 10.4 Å². The summed E-state index contributed by atoms with van der Waals surface area (Å²) in [7, 11) is 0. The molecule has 1 saturated heterocycles. The van der Waals surface area contributed by atoms with E-state index in [0.29, 0.717) is 0 Å². The van der Waals surface area contributed by atoms with Crippen molar-refractivity contribution in [1.29, 1.82) is 0 Å². The quantitative estimate of drug-likeness (QED) is 0.897. The van der Waals surface area contributed by atoms with Gasteiger partial charge in [0.05, 0.1) is 5.69 Å². The summed E-state index contributed by atoms with van der Waals surface area (Å²) in [5, 5.41) is 4.45. The van der Waals surface area contributed by atoms with E-state index in [2.05, 4.69) is 5.32 Å². The van der Waals surface area contributed by atoms with Crippen molar-refractivity contribution in [3.05, 3.63) is 30.1 Å². The van der Waals surface area contributed by atoms with E-state index in [-0.39, 0.29) is 16.2 Å². The lowest BCUT2D eigenvalue weighted by atomic mass is 10.3. The summed E-state index contributed by atoms with van der Waals surface area (Å²) in [4.78, 5) is 11.8. The molecule has 1 aliphatic heterocycles. The second-order valence-electron chi connectivity index (χ2n) is 3.07. The molecule has 1 heterocycles. The molecule has 1 amide bonds. The highest BCUT2D eigenvalue weighted by Gasteiger charge is 2.23. The molecule has 0 unspecified atom stereocenters. The van der Waals surface area contributed by atoms with Gasteiger partial charge in [-0.15, -0.1) is 35.3 Å². The number of anilines is 1. The molecule has 1 aromatic rings. The molecule has 6 heteroatoms. The Morgan fingerprint density at radius 2 is 2.00 bits per heavy atom. The third kappa shape index (κ3) is 3.09. The fourth-order valence-electron chi connectivity index (χ4n) is 1.21. The number of carbonyl (C=O) groups is 1. The standard InChI is InChI=1S/C10H10FNOS3/c11-7-3-1-2-4-8(7)12-9(13)10-15-5-14-6-16-10/h1-4,10H,5-6H2,(H,12,13). The van der Waals surface area contributed by atoms with Gasteiger partial charge in [0.2, 0.25) is 5.91 Å². The average molecular weight is 275 g/mol. The number of amides is 1. The summed E-state index contributed by atoms with van der Waals surface area (Å²) in [5.41, 5.74) is 0.256.